The topological polar surface area (TPSA) is 76.5 Å². The lowest BCUT2D eigenvalue weighted by Gasteiger charge is -2.13. The van der Waals surface area contributed by atoms with Crippen molar-refractivity contribution in [2.24, 2.45) is 0 Å². The van der Waals surface area contributed by atoms with Crippen molar-refractivity contribution in [3.05, 3.63) is 39.5 Å². The van der Waals surface area contributed by atoms with Crippen LogP contribution >= 0.6 is 11.6 Å². The van der Waals surface area contributed by atoms with E-state index in [4.69, 9.17) is 16.6 Å². The zero-order valence-electron chi connectivity index (χ0n) is 13.4. The third-order valence-electron chi connectivity index (χ3n) is 4.67. The molecule has 6 nitrogen and oxygen atoms in total. The van der Waals surface area contributed by atoms with Crippen LogP contribution in [0.25, 0.3) is 22.8 Å². The van der Waals surface area contributed by atoms with Gasteiger partial charge in [0.25, 0.3) is 5.56 Å². The minimum Gasteiger partial charge on any atom is -0.300 e. The van der Waals surface area contributed by atoms with Crippen LogP contribution in [0.5, 0.6) is 0 Å². The summed E-state index contributed by atoms with van der Waals surface area (Å²) >= 11 is 5.96. The Labute approximate surface area is 144 Å². The Balaban J connectivity index is 1.93. The number of aromatic nitrogens is 5. The fourth-order valence-electron chi connectivity index (χ4n) is 3.47. The summed E-state index contributed by atoms with van der Waals surface area (Å²) < 4.78 is 2.07. The third-order valence-corrected chi connectivity index (χ3v) is 4.88. The molecule has 0 radical (unpaired) electrons. The summed E-state index contributed by atoms with van der Waals surface area (Å²) in [5, 5.41) is 3.75. The van der Waals surface area contributed by atoms with Gasteiger partial charge in [-0.2, -0.15) is 4.98 Å². The summed E-state index contributed by atoms with van der Waals surface area (Å²) in [6.45, 7) is 2.03. The van der Waals surface area contributed by atoms with E-state index in [0.29, 0.717) is 34.0 Å². The Morgan fingerprint density at radius 3 is 2.83 bits per heavy atom. The first kappa shape index (κ1) is 15.3. The predicted molar refractivity (Wildman–Crippen MR) is 92.4 cm³/mol. The van der Waals surface area contributed by atoms with Gasteiger partial charge in [0.05, 0.1) is 6.04 Å². The molecule has 0 spiro atoms. The number of nitrogens with zero attached hydrogens (tertiary/aromatic N) is 4. The van der Waals surface area contributed by atoms with Crippen LogP contribution in [-0.4, -0.2) is 24.7 Å². The largest absolute Gasteiger partial charge is 0.300 e. The molecule has 0 amide bonds. The molecule has 1 aliphatic carbocycles. The standard InChI is InChI=1S/C17H18ClN5O/c1-2-12-14-16(23(22-12)11-5-3-4-6-11)20-15(21-17(14)24)10-7-8-19-13(18)9-10/h7-9,11,22H,2-6H2,1H3. The van der Waals surface area contributed by atoms with Crippen LogP contribution in [-0.2, 0) is 6.42 Å². The molecule has 3 aliphatic rings. The first-order chi connectivity index (χ1) is 11.7. The highest BCUT2D eigenvalue weighted by molar-refractivity contribution is 6.29. The molecule has 0 unspecified atom stereocenters. The first-order valence-electron chi connectivity index (χ1n) is 8.30. The molecule has 2 aliphatic heterocycles. The lowest BCUT2D eigenvalue weighted by atomic mass is 10.1. The highest BCUT2D eigenvalue weighted by Gasteiger charge is 2.27. The molecular formula is C17H18ClN5O. The Morgan fingerprint density at radius 2 is 2.12 bits per heavy atom. The van der Waals surface area contributed by atoms with Crippen molar-refractivity contribution in [1.29, 1.82) is 0 Å². The minimum atomic E-state index is -0.243. The second-order valence-electron chi connectivity index (χ2n) is 6.17. The van der Waals surface area contributed by atoms with E-state index < -0.39 is 0 Å². The Morgan fingerprint density at radius 1 is 1.33 bits per heavy atom. The van der Waals surface area contributed by atoms with Gasteiger partial charge in [0.2, 0.25) is 0 Å². The molecule has 24 heavy (non-hydrogen) atoms. The van der Waals surface area contributed by atoms with E-state index in [0.717, 1.165) is 25.0 Å². The molecule has 124 valence electrons. The van der Waals surface area contributed by atoms with Crippen LogP contribution < -0.4 is 5.56 Å². The molecule has 0 bridgehead atoms. The van der Waals surface area contributed by atoms with Gasteiger partial charge in [-0.3, -0.25) is 14.6 Å². The number of nitrogens with one attached hydrogen (secondary N) is 1. The van der Waals surface area contributed by atoms with Gasteiger partial charge in [-0.05, 0) is 31.4 Å². The van der Waals surface area contributed by atoms with Crippen molar-refractivity contribution >= 4 is 11.6 Å². The summed E-state index contributed by atoms with van der Waals surface area (Å²) in [5.41, 5.74) is 1.97. The lowest BCUT2D eigenvalue weighted by molar-refractivity contribution is 0.464. The van der Waals surface area contributed by atoms with Crippen LogP contribution in [0.2, 0.25) is 5.15 Å². The zero-order chi connectivity index (χ0) is 16.7. The van der Waals surface area contributed by atoms with Gasteiger partial charge in [-0.1, -0.05) is 31.4 Å². The van der Waals surface area contributed by atoms with Gasteiger partial charge in [0.15, 0.2) is 11.6 Å². The Bertz CT molecular complexity index is 910. The first-order valence-corrected chi connectivity index (χ1v) is 8.68. The molecule has 1 fully saturated rings. The summed E-state index contributed by atoms with van der Waals surface area (Å²) in [7, 11) is 0. The maximum absolute atomic E-state index is 12.6. The van der Waals surface area contributed by atoms with Crippen molar-refractivity contribution in [3.8, 4) is 22.8 Å². The lowest BCUT2D eigenvalue weighted by Crippen LogP contribution is -2.17. The van der Waals surface area contributed by atoms with Crippen LogP contribution in [0.3, 0.4) is 0 Å². The fraction of sp³-hybridized carbons (Fsp3) is 0.412. The second kappa shape index (κ2) is 6.02. The van der Waals surface area contributed by atoms with Crippen molar-refractivity contribution in [2.75, 3.05) is 0 Å². The van der Waals surface area contributed by atoms with E-state index in [1.165, 1.54) is 12.8 Å². The van der Waals surface area contributed by atoms with Crippen LogP contribution in [0.1, 0.15) is 44.3 Å². The highest BCUT2D eigenvalue weighted by atomic mass is 35.5. The van der Waals surface area contributed by atoms with Crippen LogP contribution in [0.4, 0.5) is 0 Å². The number of aryl methyl sites for hydroxylation is 1. The monoisotopic (exact) mass is 343 g/mol. The molecule has 7 heteroatoms. The second-order valence-corrected chi connectivity index (χ2v) is 6.56. The third kappa shape index (κ3) is 2.51. The van der Waals surface area contributed by atoms with Crippen molar-refractivity contribution in [3.63, 3.8) is 0 Å². The molecule has 0 aromatic carbocycles. The van der Waals surface area contributed by atoms with E-state index in [1.807, 2.05) is 6.92 Å². The van der Waals surface area contributed by atoms with Crippen molar-refractivity contribution in [2.45, 2.75) is 45.1 Å². The molecule has 3 heterocycles. The number of hydrogen-bond acceptors (Lipinski definition) is 4. The van der Waals surface area contributed by atoms with Gasteiger partial charge in [0, 0.05) is 17.5 Å². The summed E-state index contributed by atoms with van der Waals surface area (Å²) in [5.74, 6) is 1.09. The number of rotatable bonds is 3. The molecule has 0 atom stereocenters. The molecule has 1 aromatic heterocycles. The minimum absolute atomic E-state index is 0.243. The number of fused-ring (bicyclic) bond motifs is 1. The molecule has 1 N–H and O–H groups in total. The van der Waals surface area contributed by atoms with Gasteiger partial charge in [-0.15, -0.1) is 0 Å². The maximum atomic E-state index is 12.6. The van der Waals surface area contributed by atoms with Gasteiger partial charge in [0.1, 0.15) is 10.7 Å². The van der Waals surface area contributed by atoms with Crippen molar-refractivity contribution in [1.82, 2.24) is 24.7 Å². The summed E-state index contributed by atoms with van der Waals surface area (Å²) in [4.78, 5) is 25.5. The highest BCUT2D eigenvalue weighted by Crippen LogP contribution is 2.34. The summed E-state index contributed by atoms with van der Waals surface area (Å²) in [6, 6.07) is 3.81. The van der Waals surface area contributed by atoms with E-state index >= 15 is 0 Å². The smallest absolute Gasteiger partial charge is 0.284 e. The number of aromatic amines is 1. The SMILES string of the molecule is CCc1[nH]n(C2CCCC2)c2nc(-c3ccnc(Cl)c3)nc(=O)c1-2. The molecule has 0 saturated heterocycles. The number of hydrogen-bond donors (Lipinski definition) is 1. The van der Waals surface area contributed by atoms with Crippen molar-refractivity contribution < 1.29 is 0 Å². The summed E-state index contributed by atoms with van der Waals surface area (Å²) in [6.07, 6.45) is 6.98. The molecular weight excluding hydrogens is 326 g/mol. The zero-order valence-corrected chi connectivity index (χ0v) is 14.2. The average Bonchev–Trinajstić information content (AvgIpc) is 3.22. The predicted octanol–water partition coefficient (Wildman–Crippen LogP) is 3.46. The molecule has 4 rings (SSSR count). The Hall–Kier alpha value is -2.21. The van der Waals surface area contributed by atoms with Crippen LogP contribution in [0.15, 0.2) is 23.1 Å². The van der Waals surface area contributed by atoms with Gasteiger partial charge >= 0.3 is 0 Å². The van der Waals surface area contributed by atoms with E-state index in [1.54, 1.807) is 18.3 Å². The molecule has 1 saturated carbocycles. The quantitative estimate of drug-likeness (QED) is 0.739. The van der Waals surface area contributed by atoms with E-state index in [2.05, 4.69) is 19.7 Å². The average molecular weight is 344 g/mol. The van der Waals surface area contributed by atoms with Crippen LogP contribution in [0, 0.1) is 0 Å². The van der Waals surface area contributed by atoms with Gasteiger partial charge < -0.3 is 0 Å². The number of H-pyrrole nitrogens is 1. The Kier molecular flexibility index (Phi) is 3.84. The van der Waals surface area contributed by atoms with Gasteiger partial charge in [-0.25, -0.2) is 9.97 Å². The number of pyridine rings is 1. The molecule has 1 aromatic rings. The fourth-order valence-corrected chi connectivity index (χ4v) is 3.65. The van der Waals surface area contributed by atoms with E-state index in [-0.39, 0.29) is 5.56 Å². The maximum Gasteiger partial charge on any atom is 0.284 e. The van der Waals surface area contributed by atoms with E-state index in [9.17, 15) is 4.79 Å². The number of halogens is 1. The normalized spacial score (nSPS) is 15.4.